The van der Waals surface area contributed by atoms with E-state index in [9.17, 15) is 9.46 Å². The van der Waals surface area contributed by atoms with Crippen LogP contribution in [-0.4, -0.2) is 12.0 Å². The first-order valence-electron chi connectivity index (χ1n) is 6.49. The fourth-order valence-corrected chi connectivity index (χ4v) is 2.81. The number of hydroxylamine groups is 1. The van der Waals surface area contributed by atoms with Gasteiger partial charge in [0.2, 0.25) is 0 Å². The Balaban J connectivity index is 1.85. The number of ether oxygens (including phenoxy) is 1. The van der Waals surface area contributed by atoms with Crippen molar-refractivity contribution >= 4 is 7.60 Å². The first-order chi connectivity index (χ1) is 10.1. The van der Waals surface area contributed by atoms with Gasteiger partial charge in [-0.15, -0.1) is 0 Å². The van der Waals surface area contributed by atoms with Gasteiger partial charge in [-0.3, -0.25) is 4.57 Å². The molecular formula is C15H18NO4P. The summed E-state index contributed by atoms with van der Waals surface area (Å²) in [4.78, 5) is 9.81. The minimum absolute atomic E-state index is 0.0568. The Bertz CT molecular complexity index is 601. The average molecular weight is 307 g/mol. The molecule has 21 heavy (non-hydrogen) atoms. The molecule has 0 fully saturated rings. The maximum absolute atomic E-state index is 12.0. The molecule has 0 radical (unpaired) electrons. The van der Waals surface area contributed by atoms with Crippen molar-refractivity contribution in [1.82, 2.24) is 5.48 Å². The Labute approximate surface area is 124 Å². The van der Waals surface area contributed by atoms with Gasteiger partial charge in [0.25, 0.3) is 0 Å². The highest BCUT2D eigenvalue weighted by Crippen LogP contribution is 2.44. The Kier molecular flexibility index (Phi) is 5.53. The topological polar surface area (TPSA) is 67.8 Å². The lowest BCUT2D eigenvalue weighted by Gasteiger charge is -2.13. The van der Waals surface area contributed by atoms with Crippen LogP contribution in [0.15, 0.2) is 54.6 Å². The van der Waals surface area contributed by atoms with Crippen molar-refractivity contribution in [1.29, 1.82) is 0 Å². The molecule has 2 aromatic carbocycles. The van der Waals surface area contributed by atoms with Crippen molar-refractivity contribution in [3.8, 4) is 5.75 Å². The lowest BCUT2D eigenvalue weighted by Crippen LogP contribution is -2.13. The molecule has 0 heterocycles. The van der Waals surface area contributed by atoms with E-state index in [0.29, 0.717) is 17.9 Å². The molecule has 0 amide bonds. The third kappa shape index (κ3) is 5.33. The van der Waals surface area contributed by atoms with Gasteiger partial charge in [0.05, 0.1) is 13.3 Å². The van der Waals surface area contributed by atoms with Gasteiger partial charge in [0.15, 0.2) is 0 Å². The van der Waals surface area contributed by atoms with Gasteiger partial charge in [0.1, 0.15) is 5.75 Å². The molecule has 0 spiro atoms. The van der Waals surface area contributed by atoms with E-state index in [1.54, 1.807) is 31.4 Å². The maximum Gasteiger partial charge on any atom is 0.348 e. The van der Waals surface area contributed by atoms with Gasteiger partial charge < -0.3 is 9.63 Å². The Morgan fingerprint density at radius 3 is 2.33 bits per heavy atom. The Hall–Kier alpha value is -1.65. The quantitative estimate of drug-likeness (QED) is 0.608. The summed E-state index contributed by atoms with van der Waals surface area (Å²) >= 11 is 0. The standard InChI is InChI=1S/C15H18NO4P/c1-19-15-9-7-14(8-10-15)12-21(17,18)20-16-11-13-5-3-2-4-6-13/h2-10,16H,11-12H2,1H3,(H,17,18). The number of benzene rings is 2. The summed E-state index contributed by atoms with van der Waals surface area (Å²) in [6.07, 6.45) is -0.0568. The van der Waals surface area contributed by atoms with Crippen LogP contribution < -0.4 is 10.2 Å². The first kappa shape index (κ1) is 15.7. The number of rotatable bonds is 7. The van der Waals surface area contributed by atoms with Gasteiger partial charge in [-0.1, -0.05) is 42.5 Å². The van der Waals surface area contributed by atoms with Crippen LogP contribution in [0.4, 0.5) is 0 Å². The van der Waals surface area contributed by atoms with Crippen LogP contribution in [0.25, 0.3) is 0 Å². The van der Waals surface area contributed by atoms with E-state index in [2.05, 4.69) is 5.48 Å². The zero-order valence-electron chi connectivity index (χ0n) is 11.7. The van der Waals surface area contributed by atoms with Crippen LogP contribution in [-0.2, 0) is 21.9 Å². The highest BCUT2D eigenvalue weighted by Gasteiger charge is 2.20. The molecule has 112 valence electrons. The molecule has 0 aromatic heterocycles. The minimum atomic E-state index is -3.73. The second kappa shape index (κ2) is 7.38. The lowest BCUT2D eigenvalue weighted by atomic mass is 10.2. The Morgan fingerprint density at radius 1 is 1.05 bits per heavy atom. The highest BCUT2D eigenvalue weighted by atomic mass is 31.2. The molecule has 0 aliphatic carbocycles. The fourth-order valence-electron chi connectivity index (χ4n) is 1.81. The van der Waals surface area contributed by atoms with E-state index in [-0.39, 0.29) is 6.16 Å². The van der Waals surface area contributed by atoms with Crippen molar-refractivity contribution in [2.24, 2.45) is 0 Å². The lowest BCUT2D eigenvalue weighted by molar-refractivity contribution is 0.161. The van der Waals surface area contributed by atoms with Crippen molar-refractivity contribution in [3.63, 3.8) is 0 Å². The molecule has 0 aliphatic rings. The summed E-state index contributed by atoms with van der Waals surface area (Å²) in [6, 6.07) is 16.5. The van der Waals surface area contributed by atoms with Gasteiger partial charge in [-0.25, -0.2) is 4.62 Å². The average Bonchev–Trinajstić information content (AvgIpc) is 2.48. The van der Waals surface area contributed by atoms with E-state index < -0.39 is 7.60 Å². The van der Waals surface area contributed by atoms with Gasteiger partial charge in [0, 0.05) is 6.54 Å². The predicted octanol–water partition coefficient (Wildman–Crippen LogP) is 3.10. The largest absolute Gasteiger partial charge is 0.497 e. The molecule has 5 nitrogen and oxygen atoms in total. The van der Waals surface area contributed by atoms with Crippen molar-refractivity contribution in [2.75, 3.05) is 7.11 Å². The van der Waals surface area contributed by atoms with E-state index >= 15 is 0 Å². The van der Waals surface area contributed by atoms with Gasteiger partial charge in [-0.05, 0) is 23.3 Å². The highest BCUT2D eigenvalue weighted by molar-refractivity contribution is 7.51. The van der Waals surface area contributed by atoms with Gasteiger partial charge in [-0.2, -0.15) is 5.48 Å². The summed E-state index contributed by atoms with van der Waals surface area (Å²) in [5.41, 5.74) is 4.23. The summed E-state index contributed by atoms with van der Waals surface area (Å²) in [7, 11) is -2.15. The monoisotopic (exact) mass is 307 g/mol. The van der Waals surface area contributed by atoms with E-state index in [0.717, 1.165) is 5.56 Å². The summed E-state index contributed by atoms with van der Waals surface area (Å²) in [6.45, 7) is 0.369. The van der Waals surface area contributed by atoms with Crippen LogP contribution in [0.5, 0.6) is 5.75 Å². The van der Waals surface area contributed by atoms with Crippen molar-refractivity contribution in [3.05, 3.63) is 65.7 Å². The molecule has 0 aliphatic heterocycles. The normalized spacial score (nSPS) is 13.6. The van der Waals surface area contributed by atoms with Crippen molar-refractivity contribution in [2.45, 2.75) is 12.7 Å². The van der Waals surface area contributed by atoms with Crippen LogP contribution in [0.2, 0.25) is 0 Å². The number of nitrogens with one attached hydrogen (secondary N) is 1. The molecule has 2 N–H and O–H groups in total. The number of hydrogen-bond acceptors (Lipinski definition) is 4. The molecule has 1 unspecified atom stereocenters. The fraction of sp³-hybridized carbons (Fsp3) is 0.200. The molecular weight excluding hydrogens is 289 g/mol. The van der Waals surface area contributed by atoms with Crippen molar-refractivity contribution < 1.29 is 18.8 Å². The van der Waals surface area contributed by atoms with Crippen LogP contribution in [0.1, 0.15) is 11.1 Å². The summed E-state index contributed by atoms with van der Waals surface area (Å²) in [5, 5.41) is 0. The zero-order chi connectivity index (χ0) is 15.1. The number of hydrogen-bond donors (Lipinski definition) is 2. The Morgan fingerprint density at radius 2 is 1.71 bits per heavy atom. The second-order valence-corrected chi connectivity index (χ2v) is 6.32. The van der Waals surface area contributed by atoms with Gasteiger partial charge >= 0.3 is 7.60 Å². The predicted molar refractivity (Wildman–Crippen MR) is 80.9 cm³/mol. The van der Waals surface area contributed by atoms with Crippen LogP contribution in [0.3, 0.4) is 0 Å². The molecule has 1 atom stereocenters. The molecule has 6 heteroatoms. The van der Waals surface area contributed by atoms with Crippen LogP contribution >= 0.6 is 7.60 Å². The van der Waals surface area contributed by atoms with Crippen LogP contribution in [0, 0.1) is 0 Å². The van der Waals surface area contributed by atoms with E-state index in [1.807, 2.05) is 30.3 Å². The van der Waals surface area contributed by atoms with E-state index in [1.165, 1.54) is 0 Å². The van der Waals surface area contributed by atoms with E-state index in [4.69, 9.17) is 9.36 Å². The molecule has 0 bridgehead atoms. The SMILES string of the molecule is COc1ccc(CP(=O)(O)ONCc2ccccc2)cc1. The second-order valence-electron chi connectivity index (χ2n) is 4.54. The summed E-state index contributed by atoms with van der Waals surface area (Å²) < 4.78 is 21.9. The third-order valence-corrected chi connectivity index (χ3v) is 4.05. The smallest absolute Gasteiger partial charge is 0.348 e. The third-order valence-electron chi connectivity index (χ3n) is 2.87. The minimum Gasteiger partial charge on any atom is -0.497 e. The molecule has 2 rings (SSSR count). The zero-order valence-corrected chi connectivity index (χ0v) is 12.6. The molecule has 2 aromatic rings. The molecule has 0 saturated carbocycles. The molecule has 0 saturated heterocycles. The maximum atomic E-state index is 12.0. The summed E-state index contributed by atoms with van der Waals surface area (Å²) in [5.74, 6) is 0.703. The first-order valence-corrected chi connectivity index (χ1v) is 8.25. The number of methoxy groups -OCH3 is 1.